The van der Waals surface area contributed by atoms with Gasteiger partial charge < -0.3 is 39.8 Å². The first-order chi connectivity index (χ1) is 8.19. The van der Waals surface area contributed by atoms with Crippen molar-refractivity contribution < 1.29 is 48.9 Å². The van der Waals surface area contributed by atoms with Crippen molar-refractivity contribution in [2.24, 2.45) is 0 Å². The lowest BCUT2D eigenvalue weighted by Crippen LogP contribution is -2.43. The topological polar surface area (TPSA) is 168 Å². The lowest BCUT2D eigenvalue weighted by molar-refractivity contribution is -0.870. The van der Waals surface area contributed by atoms with Crippen molar-refractivity contribution >= 4 is 7.82 Å². The molecule has 0 spiro atoms. The van der Waals surface area contributed by atoms with Gasteiger partial charge in [-0.05, 0) is 0 Å². The minimum Gasteiger partial charge on any atom is -0.393 e. The molecule has 118 valence electrons. The predicted molar refractivity (Wildman–Crippen MR) is 63.4 cm³/mol. The molecular weight excluding hydrogens is 285 g/mol. The number of aliphatic hydroxyl groups is 5. The molecule has 0 aromatic rings. The van der Waals surface area contributed by atoms with E-state index in [2.05, 4.69) is 4.52 Å². The largest absolute Gasteiger partial charge is 0.469 e. The molecule has 0 amide bonds. The molecule has 1 atom stereocenters. The molecule has 0 aliphatic carbocycles. The number of quaternary nitrogens is 1. The number of hydrogen-bond donors (Lipinski definition) is 7. The van der Waals surface area contributed by atoms with Crippen molar-refractivity contribution in [1.29, 1.82) is 0 Å². The molecule has 0 rings (SSSR count). The minimum atomic E-state index is -4.26. The van der Waals surface area contributed by atoms with Gasteiger partial charge in [0.05, 0.1) is 27.7 Å². The zero-order valence-electron chi connectivity index (χ0n) is 11.0. The van der Waals surface area contributed by atoms with Crippen LogP contribution < -0.4 is 0 Å². The summed E-state index contributed by atoms with van der Waals surface area (Å²) in [6.45, 7) is -0.248. The molecule has 0 saturated carbocycles. The smallest absolute Gasteiger partial charge is 0.393 e. The third-order valence-electron chi connectivity index (χ3n) is 1.64. The quantitative estimate of drug-likeness (QED) is 0.151. The van der Waals surface area contributed by atoms with E-state index in [9.17, 15) is 4.57 Å². The predicted octanol–water partition coefficient (Wildman–Crippen LogP) is -3.23. The first kappa shape index (κ1) is 21.2. The fourth-order valence-electron chi connectivity index (χ4n) is 0.556. The third kappa shape index (κ3) is 17.9. The van der Waals surface area contributed by atoms with Gasteiger partial charge in [0.25, 0.3) is 0 Å². The Morgan fingerprint density at radius 1 is 1.21 bits per heavy atom. The van der Waals surface area contributed by atoms with Crippen molar-refractivity contribution in [3.8, 4) is 0 Å². The first-order valence-corrected chi connectivity index (χ1v) is 6.68. The molecular formula is C8H23NO9P+. The summed E-state index contributed by atoms with van der Waals surface area (Å²) in [7, 11) is 1.50. The number of likely N-dealkylation sites (N-methyl/N-ethyl adjacent to an activating group) is 1. The van der Waals surface area contributed by atoms with Crippen LogP contribution in [0.25, 0.3) is 0 Å². The Labute approximate surface area is 110 Å². The maximum Gasteiger partial charge on any atom is 0.469 e. The normalized spacial score (nSPS) is 14.6. The SMILES string of the molecule is C[N+](C)(C)CCOP(=O)(O)O.OCC(O)C(O)(O)O. The van der Waals surface area contributed by atoms with Crippen LogP contribution in [-0.2, 0) is 9.09 Å². The van der Waals surface area contributed by atoms with Crippen LogP contribution in [0.15, 0.2) is 0 Å². The van der Waals surface area contributed by atoms with E-state index in [1.165, 1.54) is 0 Å². The van der Waals surface area contributed by atoms with E-state index in [4.69, 9.17) is 35.3 Å². The summed E-state index contributed by atoms with van der Waals surface area (Å²) < 4.78 is 15.1. The van der Waals surface area contributed by atoms with E-state index < -0.39 is 26.5 Å². The van der Waals surface area contributed by atoms with Crippen molar-refractivity contribution in [3.63, 3.8) is 0 Å². The molecule has 19 heavy (non-hydrogen) atoms. The van der Waals surface area contributed by atoms with E-state index in [0.717, 1.165) is 0 Å². The van der Waals surface area contributed by atoms with Gasteiger partial charge >= 0.3 is 13.8 Å². The minimum absolute atomic E-state index is 0.0772. The number of phosphoric acid groups is 1. The maximum absolute atomic E-state index is 10.2. The fraction of sp³-hybridized carbons (Fsp3) is 1.00. The Hall–Kier alpha value is -0.130. The average Bonchev–Trinajstić information content (AvgIpc) is 2.11. The second-order valence-electron chi connectivity index (χ2n) is 4.72. The van der Waals surface area contributed by atoms with Gasteiger partial charge in [-0.2, -0.15) is 0 Å². The van der Waals surface area contributed by atoms with Gasteiger partial charge in [0.1, 0.15) is 13.2 Å². The molecule has 0 radical (unpaired) electrons. The Morgan fingerprint density at radius 2 is 1.63 bits per heavy atom. The summed E-state index contributed by atoms with van der Waals surface area (Å²) in [5.41, 5.74) is 0. The van der Waals surface area contributed by atoms with E-state index in [1.54, 1.807) is 0 Å². The van der Waals surface area contributed by atoms with Crippen LogP contribution in [0.4, 0.5) is 0 Å². The zero-order valence-corrected chi connectivity index (χ0v) is 11.9. The third-order valence-corrected chi connectivity index (χ3v) is 2.16. The van der Waals surface area contributed by atoms with Crippen molar-refractivity contribution in [3.05, 3.63) is 0 Å². The van der Waals surface area contributed by atoms with Gasteiger partial charge in [0.15, 0.2) is 6.10 Å². The summed E-state index contributed by atoms with van der Waals surface area (Å²) in [4.78, 5) is 16.6. The van der Waals surface area contributed by atoms with Crippen molar-refractivity contribution in [2.75, 3.05) is 40.9 Å². The molecule has 0 fully saturated rings. The number of hydrogen-bond acceptors (Lipinski definition) is 7. The molecule has 0 bridgehead atoms. The van der Waals surface area contributed by atoms with Crippen LogP contribution in [0.3, 0.4) is 0 Å². The molecule has 11 heteroatoms. The highest BCUT2D eigenvalue weighted by atomic mass is 31.2. The average molecular weight is 308 g/mol. The van der Waals surface area contributed by atoms with Crippen LogP contribution >= 0.6 is 7.82 Å². The van der Waals surface area contributed by atoms with Gasteiger partial charge in [0.2, 0.25) is 0 Å². The highest BCUT2D eigenvalue weighted by Gasteiger charge is 2.28. The zero-order chi connectivity index (χ0) is 15.9. The summed E-state index contributed by atoms with van der Waals surface area (Å²) >= 11 is 0. The fourth-order valence-corrected chi connectivity index (χ4v) is 0.876. The highest BCUT2D eigenvalue weighted by molar-refractivity contribution is 7.46. The molecule has 0 saturated heterocycles. The molecule has 0 aromatic heterocycles. The van der Waals surface area contributed by atoms with Crippen LogP contribution in [0.2, 0.25) is 0 Å². The van der Waals surface area contributed by atoms with Gasteiger partial charge in [0, 0.05) is 0 Å². The second-order valence-corrected chi connectivity index (χ2v) is 5.96. The monoisotopic (exact) mass is 308 g/mol. The summed E-state index contributed by atoms with van der Waals surface area (Å²) in [6.07, 6.45) is -1.93. The first-order valence-electron chi connectivity index (χ1n) is 5.15. The Morgan fingerprint density at radius 3 is 1.79 bits per heavy atom. The Kier molecular flexibility index (Phi) is 9.16. The number of rotatable bonds is 6. The summed E-state index contributed by atoms with van der Waals surface area (Å²) in [6, 6.07) is 0. The van der Waals surface area contributed by atoms with E-state index in [-0.39, 0.29) is 6.61 Å². The molecule has 10 nitrogen and oxygen atoms in total. The van der Waals surface area contributed by atoms with E-state index in [0.29, 0.717) is 11.0 Å². The molecule has 0 aliphatic rings. The summed E-state index contributed by atoms with van der Waals surface area (Å²) in [5, 5.41) is 40.1. The Balaban J connectivity index is 0. The lowest BCUT2D eigenvalue weighted by Gasteiger charge is -2.23. The molecule has 7 N–H and O–H groups in total. The van der Waals surface area contributed by atoms with Gasteiger partial charge in [-0.3, -0.25) is 4.52 Å². The van der Waals surface area contributed by atoms with Crippen LogP contribution in [0.5, 0.6) is 0 Å². The molecule has 0 aliphatic heterocycles. The maximum atomic E-state index is 10.2. The van der Waals surface area contributed by atoms with Gasteiger partial charge in [-0.1, -0.05) is 0 Å². The Bertz CT molecular complexity index is 279. The highest BCUT2D eigenvalue weighted by Crippen LogP contribution is 2.35. The summed E-state index contributed by atoms with van der Waals surface area (Å²) in [5.74, 6) is -3.19. The van der Waals surface area contributed by atoms with E-state index >= 15 is 0 Å². The van der Waals surface area contributed by atoms with Crippen LogP contribution in [0.1, 0.15) is 0 Å². The molecule has 1 unspecified atom stereocenters. The lowest BCUT2D eigenvalue weighted by atomic mass is 10.3. The van der Waals surface area contributed by atoms with Crippen molar-refractivity contribution in [1.82, 2.24) is 0 Å². The second kappa shape index (κ2) is 8.22. The van der Waals surface area contributed by atoms with Crippen LogP contribution in [0, 0.1) is 0 Å². The number of nitrogens with zero attached hydrogens (tertiary/aromatic N) is 1. The van der Waals surface area contributed by atoms with Gasteiger partial charge in [-0.25, -0.2) is 4.57 Å². The molecule has 0 aromatic carbocycles. The van der Waals surface area contributed by atoms with Crippen LogP contribution in [-0.4, -0.2) is 92.8 Å². The van der Waals surface area contributed by atoms with Crippen molar-refractivity contribution in [2.45, 2.75) is 12.1 Å². The number of phosphoric ester groups is 1. The van der Waals surface area contributed by atoms with Gasteiger partial charge in [-0.15, -0.1) is 0 Å². The number of aliphatic hydroxyl groups excluding tert-OH is 2. The molecule has 0 heterocycles. The van der Waals surface area contributed by atoms with E-state index in [1.807, 2.05) is 21.1 Å². The standard InChI is InChI=1S/C5H14NO4P.C3H8O5/c1-6(2,3)4-5-10-11(7,8)9;4-1-2(5)3(6,7)8/h4-5H2,1-3H3,(H-,7,8,9);2,4-8H,1H2/p+1.